The van der Waals surface area contributed by atoms with E-state index in [0.29, 0.717) is 11.3 Å². The van der Waals surface area contributed by atoms with Crippen molar-refractivity contribution in [3.8, 4) is 0 Å². The summed E-state index contributed by atoms with van der Waals surface area (Å²) in [6.07, 6.45) is 1.73. The lowest BCUT2D eigenvalue weighted by Gasteiger charge is -2.00. The van der Waals surface area contributed by atoms with Crippen LogP contribution in [0.1, 0.15) is 27.2 Å². The van der Waals surface area contributed by atoms with Crippen molar-refractivity contribution in [3.63, 3.8) is 0 Å². The maximum Gasteiger partial charge on any atom is 0.358 e. The van der Waals surface area contributed by atoms with Gasteiger partial charge in [0.25, 0.3) is 0 Å². The van der Waals surface area contributed by atoms with Crippen LogP contribution in [-0.4, -0.2) is 20.5 Å². The highest BCUT2D eigenvalue weighted by atomic mass is 16.4. The lowest BCUT2D eigenvalue weighted by Crippen LogP contribution is -1.96. The number of carbonyl (C=O) groups is 1. The maximum absolute atomic E-state index is 11.4. The highest BCUT2D eigenvalue weighted by molar-refractivity contribution is 5.92. The Hall–Kier alpha value is -3.02. The second-order valence-corrected chi connectivity index (χ2v) is 5.44. The van der Waals surface area contributed by atoms with Gasteiger partial charge in [-0.2, -0.15) is 0 Å². The standard InChI is InChI=1S/C17H16N4O2/c1-10-6-7-13(9-12(10)3)19-20-16-14(17(22)23)18-15-11(2)5-4-8-21(15)16/h4-9H,1-3H3,(H,22,23). The molecule has 0 amide bonds. The van der Waals surface area contributed by atoms with Crippen LogP contribution in [-0.2, 0) is 0 Å². The molecule has 0 saturated heterocycles. The Morgan fingerprint density at radius 1 is 1.09 bits per heavy atom. The largest absolute Gasteiger partial charge is 0.476 e. The molecule has 0 aliphatic heterocycles. The van der Waals surface area contributed by atoms with Gasteiger partial charge in [-0.1, -0.05) is 12.1 Å². The second kappa shape index (κ2) is 5.64. The van der Waals surface area contributed by atoms with Crippen molar-refractivity contribution in [2.24, 2.45) is 10.2 Å². The van der Waals surface area contributed by atoms with Gasteiger partial charge in [0.05, 0.1) is 5.69 Å². The van der Waals surface area contributed by atoms with E-state index in [0.717, 1.165) is 11.1 Å². The van der Waals surface area contributed by atoms with Gasteiger partial charge < -0.3 is 5.11 Å². The molecule has 0 aliphatic carbocycles. The van der Waals surface area contributed by atoms with E-state index in [1.807, 2.05) is 51.1 Å². The van der Waals surface area contributed by atoms with Crippen molar-refractivity contribution in [3.05, 3.63) is 58.9 Å². The molecule has 0 spiro atoms. The number of carboxylic acid groups (broad SMARTS) is 1. The minimum Gasteiger partial charge on any atom is -0.476 e. The molecule has 6 heteroatoms. The van der Waals surface area contributed by atoms with Gasteiger partial charge in [0.15, 0.2) is 11.5 Å². The van der Waals surface area contributed by atoms with E-state index in [9.17, 15) is 9.90 Å². The number of rotatable bonds is 3. The molecule has 0 bridgehead atoms. The zero-order valence-electron chi connectivity index (χ0n) is 13.1. The molecule has 6 nitrogen and oxygen atoms in total. The van der Waals surface area contributed by atoms with Gasteiger partial charge in [0.1, 0.15) is 5.65 Å². The molecule has 0 unspecified atom stereocenters. The lowest BCUT2D eigenvalue weighted by atomic mass is 10.1. The molecule has 3 rings (SSSR count). The third kappa shape index (κ3) is 2.70. The van der Waals surface area contributed by atoms with Crippen LogP contribution < -0.4 is 0 Å². The van der Waals surface area contributed by atoms with Gasteiger partial charge in [0.2, 0.25) is 0 Å². The number of aryl methyl sites for hydroxylation is 3. The first kappa shape index (κ1) is 14.9. The molecule has 1 N–H and O–H groups in total. The van der Waals surface area contributed by atoms with Gasteiger partial charge in [-0.3, -0.25) is 4.40 Å². The van der Waals surface area contributed by atoms with Gasteiger partial charge in [-0.05, 0) is 55.7 Å². The normalized spacial score (nSPS) is 11.4. The highest BCUT2D eigenvalue weighted by Crippen LogP contribution is 2.26. The van der Waals surface area contributed by atoms with Gasteiger partial charge in [-0.15, -0.1) is 10.2 Å². The Bertz CT molecular complexity index is 941. The van der Waals surface area contributed by atoms with Gasteiger partial charge in [-0.25, -0.2) is 9.78 Å². The monoisotopic (exact) mass is 308 g/mol. The van der Waals surface area contributed by atoms with E-state index in [1.165, 1.54) is 5.56 Å². The topological polar surface area (TPSA) is 79.3 Å². The average Bonchev–Trinajstić information content (AvgIpc) is 2.89. The maximum atomic E-state index is 11.4. The Balaban J connectivity index is 2.13. The number of aromatic nitrogens is 2. The number of azo groups is 1. The van der Waals surface area contributed by atoms with Crippen molar-refractivity contribution < 1.29 is 9.90 Å². The van der Waals surface area contributed by atoms with Crippen LogP contribution in [0.3, 0.4) is 0 Å². The zero-order valence-corrected chi connectivity index (χ0v) is 13.1. The van der Waals surface area contributed by atoms with Gasteiger partial charge in [0, 0.05) is 6.20 Å². The van der Waals surface area contributed by atoms with E-state index in [4.69, 9.17) is 0 Å². The molecule has 2 heterocycles. The molecular formula is C17H16N4O2. The van der Waals surface area contributed by atoms with Crippen LogP contribution >= 0.6 is 0 Å². The highest BCUT2D eigenvalue weighted by Gasteiger charge is 2.19. The zero-order chi connectivity index (χ0) is 16.6. The molecule has 0 saturated carbocycles. The number of benzene rings is 1. The van der Waals surface area contributed by atoms with E-state index >= 15 is 0 Å². The SMILES string of the molecule is Cc1ccc(N=Nc2c(C(=O)O)nc3c(C)cccn23)cc1C. The number of nitrogens with zero attached hydrogens (tertiary/aromatic N) is 4. The lowest BCUT2D eigenvalue weighted by molar-refractivity contribution is 0.0692. The summed E-state index contributed by atoms with van der Waals surface area (Å²) in [5.74, 6) is -0.906. The van der Waals surface area contributed by atoms with Crippen LogP contribution in [0.2, 0.25) is 0 Å². The van der Waals surface area contributed by atoms with Crippen molar-refractivity contribution >= 4 is 23.1 Å². The number of hydrogen-bond acceptors (Lipinski definition) is 4. The summed E-state index contributed by atoms with van der Waals surface area (Å²) in [6.45, 7) is 5.89. The smallest absolute Gasteiger partial charge is 0.358 e. The number of pyridine rings is 1. The first-order valence-corrected chi connectivity index (χ1v) is 7.17. The summed E-state index contributed by atoms with van der Waals surface area (Å²) in [7, 11) is 0. The Labute approximate surface area is 133 Å². The first-order valence-electron chi connectivity index (χ1n) is 7.17. The van der Waals surface area contributed by atoms with Crippen molar-refractivity contribution in [2.45, 2.75) is 20.8 Å². The van der Waals surface area contributed by atoms with E-state index in [2.05, 4.69) is 15.2 Å². The molecule has 116 valence electrons. The number of aromatic carboxylic acids is 1. The molecule has 1 aromatic carbocycles. The first-order chi connectivity index (χ1) is 11.0. The summed E-state index contributed by atoms with van der Waals surface area (Å²) < 4.78 is 1.64. The predicted octanol–water partition coefficient (Wildman–Crippen LogP) is 4.37. The molecule has 3 aromatic rings. The summed E-state index contributed by atoms with van der Waals surface area (Å²) in [6, 6.07) is 9.41. The second-order valence-electron chi connectivity index (χ2n) is 5.44. The predicted molar refractivity (Wildman–Crippen MR) is 87.0 cm³/mol. The minimum atomic E-state index is -1.12. The third-order valence-corrected chi connectivity index (χ3v) is 3.77. The summed E-state index contributed by atoms with van der Waals surface area (Å²) in [4.78, 5) is 15.6. The van der Waals surface area contributed by atoms with E-state index < -0.39 is 5.97 Å². The Morgan fingerprint density at radius 3 is 2.57 bits per heavy atom. The number of hydrogen-bond donors (Lipinski definition) is 1. The van der Waals surface area contributed by atoms with Crippen molar-refractivity contribution in [2.75, 3.05) is 0 Å². The van der Waals surface area contributed by atoms with Gasteiger partial charge >= 0.3 is 5.97 Å². The third-order valence-electron chi connectivity index (χ3n) is 3.77. The Kier molecular flexibility index (Phi) is 3.65. The van der Waals surface area contributed by atoms with Crippen molar-refractivity contribution in [1.29, 1.82) is 0 Å². The summed E-state index contributed by atoms with van der Waals surface area (Å²) in [5, 5.41) is 17.7. The fourth-order valence-electron chi connectivity index (χ4n) is 2.32. The average molecular weight is 308 g/mol. The molecule has 2 aromatic heterocycles. The van der Waals surface area contributed by atoms with Crippen LogP contribution in [0.4, 0.5) is 11.5 Å². The fourth-order valence-corrected chi connectivity index (χ4v) is 2.32. The number of carboxylic acids is 1. The molecule has 0 atom stereocenters. The number of imidazole rings is 1. The van der Waals surface area contributed by atoms with E-state index in [-0.39, 0.29) is 11.5 Å². The molecule has 0 aliphatic rings. The van der Waals surface area contributed by atoms with Crippen molar-refractivity contribution in [1.82, 2.24) is 9.38 Å². The summed E-state index contributed by atoms with van der Waals surface area (Å²) >= 11 is 0. The summed E-state index contributed by atoms with van der Waals surface area (Å²) in [5.41, 5.74) is 4.29. The quantitative estimate of drug-likeness (QED) is 0.729. The van der Waals surface area contributed by atoms with E-state index in [1.54, 1.807) is 10.6 Å². The van der Waals surface area contributed by atoms with Crippen LogP contribution in [0.25, 0.3) is 5.65 Å². The fraction of sp³-hybridized carbons (Fsp3) is 0.176. The molecule has 0 fully saturated rings. The number of fused-ring (bicyclic) bond motifs is 1. The Morgan fingerprint density at radius 2 is 1.87 bits per heavy atom. The molecule has 0 radical (unpaired) electrons. The van der Waals surface area contributed by atoms with Crippen LogP contribution in [0.5, 0.6) is 0 Å². The minimum absolute atomic E-state index is 0.105. The van der Waals surface area contributed by atoms with Crippen LogP contribution in [0, 0.1) is 20.8 Å². The molecule has 23 heavy (non-hydrogen) atoms. The van der Waals surface area contributed by atoms with Crippen LogP contribution in [0.15, 0.2) is 46.8 Å². The molecular weight excluding hydrogens is 292 g/mol.